The summed E-state index contributed by atoms with van der Waals surface area (Å²) in [6.07, 6.45) is 4.78. The number of imidazole rings is 1. The number of nitrogens with one attached hydrogen (secondary N) is 1. The lowest BCUT2D eigenvalue weighted by atomic mass is 10.2. The Morgan fingerprint density at radius 3 is 2.86 bits per heavy atom. The fourth-order valence-corrected chi connectivity index (χ4v) is 3.11. The van der Waals surface area contributed by atoms with E-state index in [-0.39, 0.29) is 5.91 Å². The van der Waals surface area contributed by atoms with E-state index in [9.17, 15) is 9.59 Å². The Morgan fingerprint density at radius 2 is 2.14 bits per heavy atom. The average molecular weight is 376 g/mol. The number of carbonyl (C=O) groups is 1. The van der Waals surface area contributed by atoms with E-state index in [4.69, 9.17) is 5.26 Å². The summed E-state index contributed by atoms with van der Waals surface area (Å²) < 4.78 is 2.93. The molecule has 1 amide bonds. The quantitative estimate of drug-likeness (QED) is 0.568. The number of likely N-dealkylation sites (N-methyl/N-ethyl adjacent to an activating group) is 1. The molecule has 4 aromatic rings. The molecule has 0 saturated carbocycles. The normalized spacial score (nSPS) is 12.2. The third-order valence-corrected chi connectivity index (χ3v) is 4.53. The summed E-state index contributed by atoms with van der Waals surface area (Å²) in [6.45, 7) is 1.65. The minimum atomic E-state index is -0.729. The second-order valence-corrected chi connectivity index (χ2v) is 6.55. The molecule has 4 heterocycles. The molecule has 1 N–H and O–H groups in total. The number of H-pyrrole nitrogens is 1. The van der Waals surface area contributed by atoms with Gasteiger partial charge in [0.25, 0.3) is 0 Å². The van der Waals surface area contributed by atoms with Crippen molar-refractivity contribution in [3.05, 3.63) is 46.8 Å². The van der Waals surface area contributed by atoms with E-state index >= 15 is 0 Å². The van der Waals surface area contributed by atoms with Gasteiger partial charge in [-0.15, -0.1) is 0 Å². The molecule has 1 atom stereocenters. The zero-order chi connectivity index (χ0) is 20.0. The molecule has 28 heavy (non-hydrogen) atoms. The average Bonchev–Trinajstić information content (AvgIpc) is 3.25. The van der Waals surface area contributed by atoms with Gasteiger partial charge in [0.15, 0.2) is 11.5 Å². The van der Waals surface area contributed by atoms with Gasteiger partial charge in [0, 0.05) is 20.3 Å². The first-order chi connectivity index (χ1) is 13.4. The predicted molar refractivity (Wildman–Crippen MR) is 100 cm³/mol. The lowest BCUT2D eigenvalue weighted by Crippen LogP contribution is -2.34. The molecule has 4 aromatic heterocycles. The second kappa shape index (κ2) is 6.31. The number of nitrogens with zero attached hydrogens (tertiary/aromatic N) is 7. The number of aromatic amines is 1. The van der Waals surface area contributed by atoms with Crippen LogP contribution < -0.4 is 5.69 Å². The maximum absolute atomic E-state index is 12.4. The first-order valence-corrected chi connectivity index (χ1v) is 8.47. The Labute approximate surface area is 158 Å². The molecule has 0 saturated heterocycles. The van der Waals surface area contributed by atoms with Crippen LogP contribution in [0.15, 0.2) is 35.5 Å². The maximum Gasteiger partial charge on any atom is 0.328 e. The van der Waals surface area contributed by atoms with E-state index in [1.165, 1.54) is 15.7 Å². The van der Waals surface area contributed by atoms with Gasteiger partial charge in [-0.05, 0) is 19.1 Å². The number of fused-ring (bicyclic) bond motifs is 2. The molecule has 0 bridgehead atoms. The molecule has 0 aliphatic heterocycles. The smallest absolute Gasteiger partial charge is 0.328 e. The van der Waals surface area contributed by atoms with Gasteiger partial charge < -0.3 is 9.88 Å². The number of hydrogen-bond donors (Lipinski definition) is 1. The highest BCUT2D eigenvalue weighted by molar-refractivity contribution is 5.83. The van der Waals surface area contributed by atoms with Crippen LogP contribution >= 0.6 is 0 Å². The van der Waals surface area contributed by atoms with Gasteiger partial charge in [-0.2, -0.15) is 10.4 Å². The molecule has 0 spiro atoms. The van der Waals surface area contributed by atoms with Crippen LogP contribution in [0.5, 0.6) is 0 Å². The van der Waals surface area contributed by atoms with Crippen LogP contribution in [0.1, 0.15) is 18.5 Å². The summed E-state index contributed by atoms with van der Waals surface area (Å²) in [6, 6.07) is 4.72. The molecule has 0 radical (unpaired) electrons. The highest BCUT2D eigenvalue weighted by Crippen LogP contribution is 2.24. The molecule has 1 unspecified atom stereocenters. The molecule has 0 aliphatic rings. The van der Waals surface area contributed by atoms with Crippen LogP contribution in [0, 0.1) is 11.3 Å². The Kier molecular flexibility index (Phi) is 3.93. The molecule has 10 nitrogen and oxygen atoms in total. The van der Waals surface area contributed by atoms with Crippen molar-refractivity contribution >= 4 is 22.6 Å². The Morgan fingerprint density at radius 1 is 1.36 bits per heavy atom. The van der Waals surface area contributed by atoms with E-state index in [1.807, 2.05) is 0 Å². The Bertz CT molecular complexity index is 1320. The first kappa shape index (κ1) is 17.4. The molecule has 4 rings (SSSR count). The van der Waals surface area contributed by atoms with Crippen LogP contribution in [0.4, 0.5) is 0 Å². The first-order valence-electron chi connectivity index (χ1n) is 8.47. The minimum Gasteiger partial charge on any atom is -0.347 e. The fraction of sp³-hybridized carbons (Fsp3) is 0.222. The van der Waals surface area contributed by atoms with E-state index in [2.05, 4.69) is 26.1 Å². The van der Waals surface area contributed by atoms with Gasteiger partial charge in [-0.25, -0.2) is 19.3 Å². The van der Waals surface area contributed by atoms with Crippen molar-refractivity contribution in [2.75, 3.05) is 14.1 Å². The van der Waals surface area contributed by atoms with Crippen LogP contribution in [0.3, 0.4) is 0 Å². The third-order valence-electron chi connectivity index (χ3n) is 4.53. The summed E-state index contributed by atoms with van der Waals surface area (Å²) in [4.78, 5) is 37.7. The van der Waals surface area contributed by atoms with Crippen LogP contribution in [0.25, 0.3) is 28.1 Å². The molecule has 140 valence electrons. The summed E-state index contributed by atoms with van der Waals surface area (Å²) in [5, 5.41) is 13.4. The zero-order valence-corrected chi connectivity index (χ0v) is 15.4. The van der Waals surface area contributed by atoms with Crippen molar-refractivity contribution in [1.82, 2.24) is 34.0 Å². The van der Waals surface area contributed by atoms with Gasteiger partial charge in [-0.1, -0.05) is 0 Å². The molecule has 10 heteroatoms. The molecular weight excluding hydrogens is 360 g/mol. The van der Waals surface area contributed by atoms with E-state index in [0.29, 0.717) is 33.6 Å². The lowest BCUT2D eigenvalue weighted by Gasteiger charge is -2.17. The molecule has 0 aliphatic carbocycles. The van der Waals surface area contributed by atoms with Crippen molar-refractivity contribution in [2.24, 2.45) is 0 Å². The van der Waals surface area contributed by atoms with Gasteiger partial charge in [0.1, 0.15) is 11.6 Å². The minimum absolute atomic E-state index is 0.224. The number of amides is 1. The highest BCUT2D eigenvalue weighted by Gasteiger charge is 2.23. The van der Waals surface area contributed by atoms with Gasteiger partial charge in [-0.3, -0.25) is 9.36 Å². The number of pyridine rings is 1. The van der Waals surface area contributed by atoms with Crippen LogP contribution in [-0.4, -0.2) is 54.0 Å². The van der Waals surface area contributed by atoms with Crippen molar-refractivity contribution in [2.45, 2.75) is 13.0 Å². The summed E-state index contributed by atoms with van der Waals surface area (Å²) >= 11 is 0. The summed E-state index contributed by atoms with van der Waals surface area (Å²) in [5.74, 6) is 0.118. The summed E-state index contributed by atoms with van der Waals surface area (Å²) in [5.41, 5.74) is 2.09. The second-order valence-electron chi connectivity index (χ2n) is 6.55. The van der Waals surface area contributed by atoms with E-state index < -0.39 is 11.7 Å². The van der Waals surface area contributed by atoms with Crippen LogP contribution in [0.2, 0.25) is 0 Å². The largest absolute Gasteiger partial charge is 0.347 e. The number of nitriles is 1. The monoisotopic (exact) mass is 376 g/mol. The maximum atomic E-state index is 12.4. The van der Waals surface area contributed by atoms with Gasteiger partial charge in [0.05, 0.1) is 35.1 Å². The zero-order valence-electron chi connectivity index (χ0n) is 15.4. The SMILES string of the molecule is CC(C(=O)N(C)C)n1c(=O)[nH]c2cnc(-c3cnn4ccc(C#N)cc34)nc21. The van der Waals surface area contributed by atoms with E-state index in [1.54, 1.807) is 50.1 Å². The van der Waals surface area contributed by atoms with Crippen molar-refractivity contribution in [3.8, 4) is 17.5 Å². The molecular formula is C18H16N8O2. The van der Waals surface area contributed by atoms with Crippen molar-refractivity contribution in [3.63, 3.8) is 0 Å². The number of hydrogen-bond acceptors (Lipinski definition) is 6. The van der Waals surface area contributed by atoms with Crippen LogP contribution in [-0.2, 0) is 4.79 Å². The standard InChI is InChI=1S/C18H16N8O2/c1-10(17(27)24(2)3)26-16-13(22-18(26)28)9-20-15(23-16)12-8-21-25-5-4-11(7-19)6-14(12)25/h4-6,8-10H,1-3H3,(H,22,28). The number of carbonyl (C=O) groups excluding carboxylic acids is 1. The highest BCUT2D eigenvalue weighted by atomic mass is 16.2. The lowest BCUT2D eigenvalue weighted by molar-refractivity contribution is -0.131. The fourth-order valence-electron chi connectivity index (χ4n) is 3.11. The number of aromatic nitrogens is 6. The molecule has 0 fully saturated rings. The third kappa shape index (κ3) is 2.61. The topological polar surface area (TPSA) is 125 Å². The number of rotatable bonds is 3. The van der Waals surface area contributed by atoms with Gasteiger partial charge in [0.2, 0.25) is 5.91 Å². The predicted octanol–water partition coefficient (Wildman–Crippen LogP) is 0.955. The summed E-state index contributed by atoms with van der Waals surface area (Å²) in [7, 11) is 3.26. The van der Waals surface area contributed by atoms with E-state index in [0.717, 1.165) is 0 Å². The van der Waals surface area contributed by atoms with Crippen molar-refractivity contribution in [1.29, 1.82) is 5.26 Å². The van der Waals surface area contributed by atoms with Crippen molar-refractivity contribution < 1.29 is 4.79 Å². The Hall–Kier alpha value is -4.00. The molecule has 0 aromatic carbocycles. The Balaban J connectivity index is 1.91. The van der Waals surface area contributed by atoms with Gasteiger partial charge >= 0.3 is 5.69 Å².